The number of halogens is 1. The van der Waals surface area contributed by atoms with Crippen molar-refractivity contribution in [1.29, 1.82) is 0 Å². The quantitative estimate of drug-likeness (QED) is 0.383. The number of aromatic nitrogens is 2. The van der Waals surface area contributed by atoms with Gasteiger partial charge in [0, 0.05) is 16.4 Å². The average molecular weight is 495 g/mol. The molecule has 34 heavy (non-hydrogen) atoms. The maximum absolute atomic E-state index is 13.3. The van der Waals surface area contributed by atoms with Gasteiger partial charge in [-0.05, 0) is 62.6 Å². The predicted octanol–water partition coefficient (Wildman–Crippen LogP) is 5.49. The number of benzene rings is 2. The van der Waals surface area contributed by atoms with Crippen LogP contribution in [-0.2, 0) is 4.79 Å². The van der Waals surface area contributed by atoms with Gasteiger partial charge in [-0.2, -0.15) is 0 Å². The Balaban J connectivity index is 1.65. The van der Waals surface area contributed by atoms with E-state index in [1.54, 1.807) is 32.0 Å². The van der Waals surface area contributed by atoms with Crippen LogP contribution in [0.2, 0.25) is 5.02 Å². The van der Waals surface area contributed by atoms with Crippen molar-refractivity contribution in [3.05, 3.63) is 85.7 Å². The molecule has 2 heterocycles. The number of nitrogens with one attached hydrogen (secondary N) is 2. The van der Waals surface area contributed by atoms with Gasteiger partial charge in [0.1, 0.15) is 10.9 Å². The Hall–Kier alpha value is -3.49. The Morgan fingerprint density at radius 2 is 1.74 bits per heavy atom. The molecule has 2 N–H and O–H groups in total. The first-order chi connectivity index (χ1) is 16.2. The Kier molecular flexibility index (Phi) is 6.54. The summed E-state index contributed by atoms with van der Waals surface area (Å²) in [4.78, 5) is 44.4. The standard InChI is InChI=1S/C25H23ClN4O3S/c1-13-7-5-6-8-18(13)28-23(32)21-15(3)20-24(34-21)27-12-30(25(20)33)16(4)22(31)29-19-11-17(26)10-9-14(19)2/h5-12,16H,1-4H3,(H,28,32)(H,29,31). The molecular formula is C25H23ClN4O3S. The van der Waals surface area contributed by atoms with E-state index in [4.69, 9.17) is 11.6 Å². The van der Waals surface area contributed by atoms with E-state index in [2.05, 4.69) is 15.6 Å². The van der Waals surface area contributed by atoms with Crippen LogP contribution in [0.15, 0.2) is 53.6 Å². The van der Waals surface area contributed by atoms with Crippen molar-refractivity contribution in [3.8, 4) is 0 Å². The number of fused-ring (bicyclic) bond motifs is 1. The van der Waals surface area contributed by atoms with Crippen LogP contribution in [0.1, 0.15) is 39.3 Å². The summed E-state index contributed by atoms with van der Waals surface area (Å²) < 4.78 is 1.28. The summed E-state index contributed by atoms with van der Waals surface area (Å²) in [6, 6.07) is 11.9. The molecule has 0 aliphatic heterocycles. The number of carbonyl (C=O) groups is 2. The third-order valence-corrected chi connectivity index (χ3v) is 7.16. The zero-order valence-corrected chi connectivity index (χ0v) is 20.7. The average Bonchev–Trinajstić information content (AvgIpc) is 3.15. The van der Waals surface area contributed by atoms with Gasteiger partial charge in [-0.1, -0.05) is 35.9 Å². The van der Waals surface area contributed by atoms with Crippen LogP contribution < -0.4 is 16.2 Å². The van der Waals surface area contributed by atoms with Crippen LogP contribution in [0.4, 0.5) is 11.4 Å². The fourth-order valence-corrected chi connectivity index (χ4v) is 4.82. The van der Waals surface area contributed by atoms with Crippen molar-refractivity contribution in [2.45, 2.75) is 33.7 Å². The van der Waals surface area contributed by atoms with Gasteiger partial charge in [-0.25, -0.2) is 4.98 Å². The van der Waals surface area contributed by atoms with Gasteiger partial charge in [0.25, 0.3) is 11.5 Å². The van der Waals surface area contributed by atoms with Gasteiger partial charge in [0.15, 0.2) is 0 Å². The second kappa shape index (κ2) is 9.40. The van der Waals surface area contributed by atoms with E-state index in [0.29, 0.717) is 37.1 Å². The molecule has 0 saturated heterocycles. The highest BCUT2D eigenvalue weighted by Crippen LogP contribution is 2.29. The van der Waals surface area contributed by atoms with E-state index in [1.165, 1.54) is 10.9 Å². The number of carbonyl (C=O) groups excluding carboxylic acids is 2. The van der Waals surface area contributed by atoms with Crippen LogP contribution in [-0.4, -0.2) is 21.4 Å². The van der Waals surface area contributed by atoms with Crippen LogP contribution in [0.3, 0.4) is 0 Å². The molecule has 174 valence electrons. The van der Waals surface area contributed by atoms with Crippen molar-refractivity contribution in [1.82, 2.24) is 9.55 Å². The molecule has 1 atom stereocenters. The highest BCUT2D eigenvalue weighted by atomic mass is 35.5. The van der Waals surface area contributed by atoms with Crippen molar-refractivity contribution < 1.29 is 9.59 Å². The van der Waals surface area contributed by atoms with Crippen LogP contribution in [0.25, 0.3) is 10.2 Å². The lowest BCUT2D eigenvalue weighted by Gasteiger charge is -2.16. The molecular weight excluding hydrogens is 472 g/mol. The smallest absolute Gasteiger partial charge is 0.266 e. The lowest BCUT2D eigenvalue weighted by molar-refractivity contribution is -0.118. The lowest BCUT2D eigenvalue weighted by atomic mass is 10.1. The summed E-state index contributed by atoms with van der Waals surface area (Å²) in [6.07, 6.45) is 1.35. The molecule has 0 aliphatic carbocycles. The number of amides is 2. The number of para-hydroxylation sites is 1. The molecule has 7 nitrogen and oxygen atoms in total. The Labute approximate surface area is 205 Å². The topological polar surface area (TPSA) is 93.1 Å². The number of nitrogens with zero attached hydrogens (tertiary/aromatic N) is 2. The Morgan fingerprint density at radius 1 is 1.03 bits per heavy atom. The molecule has 0 fully saturated rings. The zero-order chi connectivity index (χ0) is 24.6. The van der Waals surface area contributed by atoms with Crippen LogP contribution >= 0.6 is 22.9 Å². The van der Waals surface area contributed by atoms with Crippen molar-refractivity contribution in [3.63, 3.8) is 0 Å². The summed E-state index contributed by atoms with van der Waals surface area (Å²) in [5.41, 5.74) is 3.23. The summed E-state index contributed by atoms with van der Waals surface area (Å²) >= 11 is 7.20. The normalized spacial score (nSPS) is 11.9. The van der Waals surface area contributed by atoms with Gasteiger partial charge in [-0.3, -0.25) is 19.0 Å². The first-order valence-corrected chi connectivity index (χ1v) is 11.8. The molecule has 0 aliphatic rings. The van der Waals surface area contributed by atoms with Gasteiger partial charge < -0.3 is 10.6 Å². The second-order valence-electron chi connectivity index (χ2n) is 8.09. The molecule has 0 radical (unpaired) electrons. The number of hydrogen-bond acceptors (Lipinski definition) is 5. The molecule has 0 spiro atoms. The minimum Gasteiger partial charge on any atom is -0.324 e. The molecule has 0 bridgehead atoms. The van der Waals surface area contributed by atoms with E-state index in [-0.39, 0.29) is 17.4 Å². The minimum atomic E-state index is -0.827. The highest BCUT2D eigenvalue weighted by molar-refractivity contribution is 7.20. The molecule has 2 aromatic heterocycles. The first kappa shape index (κ1) is 23.7. The fourth-order valence-electron chi connectivity index (χ4n) is 3.61. The summed E-state index contributed by atoms with van der Waals surface area (Å²) in [5, 5.41) is 6.56. The lowest BCUT2D eigenvalue weighted by Crippen LogP contribution is -2.32. The van der Waals surface area contributed by atoms with E-state index in [9.17, 15) is 14.4 Å². The summed E-state index contributed by atoms with van der Waals surface area (Å²) in [5.74, 6) is -0.679. The third-order valence-electron chi connectivity index (χ3n) is 5.73. The van der Waals surface area contributed by atoms with Crippen molar-refractivity contribution in [2.24, 2.45) is 0 Å². The maximum Gasteiger partial charge on any atom is 0.266 e. The molecule has 2 amide bonds. The number of rotatable bonds is 5. The second-order valence-corrected chi connectivity index (χ2v) is 9.52. The van der Waals surface area contributed by atoms with Gasteiger partial charge >= 0.3 is 0 Å². The van der Waals surface area contributed by atoms with Crippen LogP contribution in [0.5, 0.6) is 0 Å². The Bertz CT molecular complexity index is 1490. The van der Waals surface area contributed by atoms with E-state index in [0.717, 1.165) is 22.5 Å². The van der Waals surface area contributed by atoms with Gasteiger partial charge in [0.2, 0.25) is 5.91 Å². The molecule has 4 aromatic rings. The first-order valence-electron chi connectivity index (χ1n) is 10.6. The number of hydrogen-bond donors (Lipinski definition) is 2. The number of anilines is 2. The largest absolute Gasteiger partial charge is 0.324 e. The van der Waals surface area contributed by atoms with E-state index < -0.39 is 6.04 Å². The van der Waals surface area contributed by atoms with E-state index >= 15 is 0 Å². The molecule has 2 aromatic carbocycles. The molecule has 4 rings (SSSR count). The molecule has 0 saturated carbocycles. The van der Waals surface area contributed by atoms with Crippen molar-refractivity contribution >= 4 is 56.3 Å². The van der Waals surface area contributed by atoms with Crippen LogP contribution in [0, 0.1) is 20.8 Å². The van der Waals surface area contributed by atoms with E-state index in [1.807, 2.05) is 38.1 Å². The highest BCUT2D eigenvalue weighted by Gasteiger charge is 2.23. The third kappa shape index (κ3) is 4.47. The van der Waals surface area contributed by atoms with Gasteiger partial charge in [-0.15, -0.1) is 11.3 Å². The maximum atomic E-state index is 13.3. The molecule has 9 heteroatoms. The summed E-state index contributed by atoms with van der Waals surface area (Å²) in [7, 11) is 0. The Morgan fingerprint density at radius 3 is 2.47 bits per heavy atom. The summed E-state index contributed by atoms with van der Waals surface area (Å²) in [6.45, 7) is 7.11. The zero-order valence-electron chi connectivity index (χ0n) is 19.1. The monoisotopic (exact) mass is 494 g/mol. The number of aryl methyl sites for hydroxylation is 3. The molecule has 1 unspecified atom stereocenters. The fraction of sp³-hybridized carbons (Fsp3) is 0.200. The van der Waals surface area contributed by atoms with Gasteiger partial charge in [0.05, 0.1) is 16.6 Å². The minimum absolute atomic E-state index is 0.303. The number of thiophene rings is 1. The predicted molar refractivity (Wildman–Crippen MR) is 137 cm³/mol. The van der Waals surface area contributed by atoms with Crippen molar-refractivity contribution in [2.75, 3.05) is 10.6 Å². The SMILES string of the molecule is Cc1ccccc1NC(=O)c1sc2ncn(C(C)C(=O)Nc3cc(Cl)ccc3C)c(=O)c2c1C.